The van der Waals surface area contributed by atoms with Crippen LogP contribution >= 0.6 is 0 Å². The van der Waals surface area contributed by atoms with Crippen molar-refractivity contribution in [3.8, 4) is 0 Å². The summed E-state index contributed by atoms with van der Waals surface area (Å²) >= 11 is 0. The zero-order valence-corrected chi connectivity index (χ0v) is 13.4. The Hall–Kier alpha value is -0.950. The van der Waals surface area contributed by atoms with E-state index < -0.39 is 33.6 Å². The maximum atomic E-state index is 12.7. The first-order valence-corrected chi connectivity index (χ1v) is 7.93. The molecule has 120 valence electrons. The predicted molar refractivity (Wildman–Crippen MR) is 77.9 cm³/mol. The van der Waals surface area contributed by atoms with E-state index in [1.54, 1.807) is 20.8 Å². The molecule has 0 fully saturated rings. The summed E-state index contributed by atoms with van der Waals surface area (Å²) < 4.78 is 52.7. The number of hydrogen-bond acceptors (Lipinski definition) is 2. The maximum Gasteiger partial charge on any atom is 0.433 e. The number of nitrogens with zero attached hydrogens (tertiary/aromatic N) is 1. The van der Waals surface area contributed by atoms with Crippen LogP contribution in [-0.4, -0.2) is 13.9 Å². The lowest BCUT2D eigenvalue weighted by molar-refractivity contribution is -0.141. The van der Waals surface area contributed by atoms with Crippen molar-refractivity contribution < 1.29 is 17.4 Å². The van der Waals surface area contributed by atoms with Crippen LogP contribution in [0.4, 0.5) is 13.2 Å². The Morgan fingerprint density at radius 2 is 1.90 bits per heavy atom. The van der Waals surface area contributed by atoms with Crippen molar-refractivity contribution in [2.24, 2.45) is 0 Å². The van der Waals surface area contributed by atoms with E-state index in [4.69, 9.17) is 0 Å². The number of pyridine rings is 1. The first-order chi connectivity index (χ1) is 9.55. The summed E-state index contributed by atoms with van der Waals surface area (Å²) in [4.78, 5) is 3.68. The average Bonchev–Trinajstić information content (AvgIpc) is 2.36. The van der Waals surface area contributed by atoms with Crippen molar-refractivity contribution in [2.75, 3.05) is 0 Å². The first-order valence-electron chi connectivity index (χ1n) is 6.78. The minimum atomic E-state index is -4.48. The molecule has 0 radical (unpaired) electrons. The van der Waals surface area contributed by atoms with Gasteiger partial charge in [0.25, 0.3) is 0 Å². The zero-order valence-electron chi connectivity index (χ0n) is 12.6. The van der Waals surface area contributed by atoms with Crippen LogP contribution in [0.25, 0.3) is 0 Å². The minimum Gasteiger partial charge on any atom is -0.247 e. The summed E-state index contributed by atoms with van der Waals surface area (Å²) in [5.74, 6) is 0. The molecule has 0 amide bonds. The molecule has 0 aliphatic carbocycles. The van der Waals surface area contributed by atoms with Gasteiger partial charge in [0.05, 0.1) is 27.5 Å². The molecule has 21 heavy (non-hydrogen) atoms. The number of nitrogens with one attached hydrogen (secondary N) is 1. The van der Waals surface area contributed by atoms with Crippen LogP contribution in [0.15, 0.2) is 18.2 Å². The van der Waals surface area contributed by atoms with E-state index in [9.17, 15) is 17.4 Å². The van der Waals surface area contributed by atoms with Gasteiger partial charge in [-0.2, -0.15) is 13.2 Å². The Bertz CT molecular complexity index is 498. The lowest BCUT2D eigenvalue weighted by atomic mass is 10.1. The molecule has 2 unspecified atom stereocenters. The second-order valence-electron chi connectivity index (χ2n) is 5.79. The van der Waals surface area contributed by atoms with Gasteiger partial charge in [-0.3, -0.25) is 0 Å². The lowest BCUT2D eigenvalue weighted by Gasteiger charge is -2.24. The summed E-state index contributed by atoms with van der Waals surface area (Å²) in [6.45, 7) is 7.33. The van der Waals surface area contributed by atoms with Crippen LogP contribution in [0.3, 0.4) is 0 Å². The number of halogens is 3. The molecule has 1 N–H and O–H groups in total. The molecule has 1 heterocycles. The molecule has 0 saturated heterocycles. The molecule has 0 aliphatic rings. The molecule has 2 atom stereocenters. The highest BCUT2D eigenvalue weighted by molar-refractivity contribution is 7.84. The minimum absolute atomic E-state index is 0.268. The second kappa shape index (κ2) is 6.87. The molecule has 1 aromatic rings. The Kier molecular flexibility index (Phi) is 5.92. The van der Waals surface area contributed by atoms with Crippen molar-refractivity contribution in [3.05, 3.63) is 29.6 Å². The zero-order chi connectivity index (χ0) is 16.3. The molecule has 1 aromatic heterocycles. The fourth-order valence-corrected chi connectivity index (χ4v) is 2.52. The van der Waals surface area contributed by atoms with Gasteiger partial charge in [0, 0.05) is 0 Å². The Labute approximate surface area is 125 Å². The van der Waals surface area contributed by atoms with Crippen molar-refractivity contribution in [1.29, 1.82) is 0 Å². The van der Waals surface area contributed by atoms with E-state index >= 15 is 0 Å². The van der Waals surface area contributed by atoms with Crippen LogP contribution in [-0.2, 0) is 17.2 Å². The smallest absolute Gasteiger partial charge is 0.247 e. The Morgan fingerprint density at radius 3 is 2.38 bits per heavy atom. The van der Waals surface area contributed by atoms with Crippen molar-refractivity contribution in [3.63, 3.8) is 0 Å². The standard InChI is InChI=1S/C14H21F3N2OS/c1-5-7-11(19-21(20)13(2,3)4)10-8-6-9-12(18-10)14(15,16)17/h6,8-9,11,19H,5,7H2,1-4H3. The summed E-state index contributed by atoms with van der Waals surface area (Å²) in [6, 6.07) is 3.34. The first kappa shape index (κ1) is 18.1. The highest BCUT2D eigenvalue weighted by atomic mass is 32.2. The summed E-state index contributed by atoms with van der Waals surface area (Å²) in [6.07, 6.45) is -3.16. The summed E-state index contributed by atoms with van der Waals surface area (Å²) in [7, 11) is -1.37. The quantitative estimate of drug-likeness (QED) is 0.890. The van der Waals surface area contributed by atoms with Gasteiger partial charge in [0.2, 0.25) is 0 Å². The lowest BCUT2D eigenvalue weighted by Crippen LogP contribution is -2.36. The molecular weight excluding hydrogens is 301 g/mol. The van der Waals surface area contributed by atoms with E-state index in [1.807, 2.05) is 6.92 Å². The van der Waals surface area contributed by atoms with Gasteiger partial charge in [-0.25, -0.2) is 13.9 Å². The number of hydrogen-bond donors (Lipinski definition) is 1. The van der Waals surface area contributed by atoms with Gasteiger partial charge in [0.15, 0.2) is 0 Å². The van der Waals surface area contributed by atoms with Crippen molar-refractivity contribution in [2.45, 2.75) is 57.5 Å². The summed E-state index contributed by atoms with van der Waals surface area (Å²) in [5.41, 5.74) is -0.659. The molecule has 0 aliphatic heterocycles. The molecule has 0 spiro atoms. The molecule has 0 saturated carbocycles. The fraction of sp³-hybridized carbons (Fsp3) is 0.643. The van der Waals surface area contributed by atoms with E-state index in [2.05, 4.69) is 9.71 Å². The van der Waals surface area contributed by atoms with E-state index in [-0.39, 0.29) is 5.69 Å². The van der Waals surface area contributed by atoms with Crippen molar-refractivity contribution in [1.82, 2.24) is 9.71 Å². The van der Waals surface area contributed by atoms with Gasteiger partial charge < -0.3 is 0 Å². The van der Waals surface area contributed by atoms with E-state index in [0.717, 1.165) is 12.5 Å². The van der Waals surface area contributed by atoms with E-state index in [1.165, 1.54) is 12.1 Å². The molecule has 0 bridgehead atoms. The normalized spacial score (nSPS) is 15.8. The third kappa shape index (κ3) is 5.39. The fourth-order valence-electron chi connectivity index (χ4n) is 1.67. The van der Waals surface area contributed by atoms with Gasteiger partial charge in [-0.1, -0.05) is 19.4 Å². The van der Waals surface area contributed by atoms with Gasteiger partial charge in [-0.05, 0) is 39.3 Å². The average molecular weight is 322 g/mol. The predicted octanol–water partition coefficient (Wildman–Crippen LogP) is 3.99. The maximum absolute atomic E-state index is 12.7. The number of alkyl halides is 3. The number of aromatic nitrogens is 1. The van der Waals surface area contributed by atoms with E-state index in [0.29, 0.717) is 6.42 Å². The van der Waals surface area contributed by atoms with Crippen LogP contribution in [0.1, 0.15) is 58.0 Å². The molecule has 0 aromatic carbocycles. The van der Waals surface area contributed by atoms with Gasteiger partial charge in [0.1, 0.15) is 5.69 Å². The molecular formula is C14H21F3N2OS. The Morgan fingerprint density at radius 1 is 1.29 bits per heavy atom. The molecule has 1 rings (SSSR count). The monoisotopic (exact) mass is 322 g/mol. The highest BCUT2D eigenvalue weighted by Crippen LogP contribution is 2.29. The topological polar surface area (TPSA) is 42.0 Å². The second-order valence-corrected chi connectivity index (χ2v) is 7.78. The largest absolute Gasteiger partial charge is 0.433 e. The number of rotatable bonds is 5. The summed E-state index contributed by atoms with van der Waals surface area (Å²) in [5, 5.41) is 0. The van der Waals surface area contributed by atoms with Crippen LogP contribution in [0.5, 0.6) is 0 Å². The Balaban J connectivity index is 3.04. The molecule has 7 heteroatoms. The van der Waals surface area contributed by atoms with Gasteiger partial charge >= 0.3 is 6.18 Å². The van der Waals surface area contributed by atoms with Crippen LogP contribution < -0.4 is 4.72 Å². The van der Waals surface area contributed by atoms with Gasteiger partial charge in [-0.15, -0.1) is 0 Å². The third-order valence-corrected chi connectivity index (χ3v) is 4.41. The highest BCUT2D eigenvalue weighted by Gasteiger charge is 2.33. The third-order valence-electron chi connectivity index (χ3n) is 2.80. The van der Waals surface area contributed by atoms with Crippen LogP contribution in [0, 0.1) is 0 Å². The SMILES string of the molecule is CCCC(NS(=O)C(C)(C)C)c1cccc(C(F)(F)F)n1. The molecule has 3 nitrogen and oxygen atoms in total. The van der Waals surface area contributed by atoms with Crippen molar-refractivity contribution >= 4 is 11.0 Å². The van der Waals surface area contributed by atoms with Crippen LogP contribution in [0.2, 0.25) is 0 Å².